The topological polar surface area (TPSA) is 50.3 Å². The molecule has 2 fully saturated rings. The van der Waals surface area contributed by atoms with Crippen LogP contribution in [0.2, 0.25) is 0 Å². The van der Waals surface area contributed by atoms with E-state index >= 15 is 0 Å². The summed E-state index contributed by atoms with van der Waals surface area (Å²) in [5.41, 5.74) is 2.04. The Morgan fingerprint density at radius 2 is 1.77 bits per heavy atom. The van der Waals surface area contributed by atoms with Crippen molar-refractivity contribution < 1.29 is 4.74 Å². The molecule has 1 saturated carbocycles. The maximum Gasteiger partial charge on any atom is 0.326 e. The predicted molar refractivity (Wildman–Crippen MR) is 105 cm³/mol. The number of nitrogens with zero attached hydrogens (tertiary/aromatic N) is 2. The Bertz CT molecular complexity index is 765. The molecule has 1 aliphatic carbocycles. The molecule has 5 nitrogen and oxygen atoms in total. The van der Waals surface area contributed by atoms with E-state index in [1.54, 1.807) is 0 Å². The lowest BCUT2D eigenvalue weighted by Crippen LogP contribution is -2.45. The van der Waals surface area contributed by atoms with Crippen LogP contribution in [0.5, 0.6) is 0 Å². The normalized spacial score (nSPS) is 25.7. The zero-order chi connectivity index (χ0) is 17.9. The van der Waals surface area contributed by atoms with Crippen LogP contribution in [0.4, 0.5) is 0 Å². The number of piperidine rings is 1. The van der Waals surface area contributed by atoms with Crippen LogP contribution in [-0.4, -0.2) is 46.3 Å². The lowest BCUT2D eigenvalue weighted by Gasteiger charge is -2.41. The highest BCUT2D eigenvalue weighted by atomic mass is 16.5. The van der Waals surface area contributed by atoms with E-state index in [0.717, 1.165) is 50.0 Å². The Labute approximate surface area is 155 Å². The summed E-state index contributed by atoms with van der Waals surface area (Å²) in [6.07, 6.45) is 8.63. The molecular formula is C21H31N3O2. The third-order valence-electron chi connectivity index (χ3n) is 6.21. The smallest absolute Gasteiger partial charge is 0.326 e. The fourth-order valence-corrected chi connectivity index (χ4v) is 4.81. The Morgan fingerprint density at radius 1 is 1.04 bits per heavy atom. The minimum absolute atomic E-state index is 0.0400. The van der Waals surface area contributed by atoms with Crippen LogP contribution < -0.4 is 5.69 Å². The maximum absolute atomic E-state index is 12.4. The lowest BCUT2D eigenvalue weighted by molar-refractivity contribution is 0.00254. The van der Waals surface area contributed by atoms with E-state index in [1.807, 2.05) is 22.8 Å². The van der Waals surface area contributed by atoms with Gasteiger partial charge in [-0.3, -0.25) is 4.57 Å². The number of ether oxygens (including phenoxy) is 1. The van der Waals surface area contributed by atoms with Crippen molar-refractivity contribution in [1.29, 1.82) is 0 Å². The summed E-state index contributed by atoms with van der Waals surface area (Å²) in [6, 6.07) is 9.06. The van der Waals surface area contributed by atoms with Gasteiger partial charge in [0, 0.05) is 31.8 Å². The molecule has 5 heteroatoms. The van der Waals surface area contributed by atoms with E-state index in [9.17, 15) is 4.79 Å². The summed E-state index contributed by atoms with van der Waals surface area (Å²) < 4.78 is 7.92. The average molecular weight is 357 g/mol. The van der Waals surface area contributed by atoms with Crippen LogP contribution in [-0.2, 0) is 4.74 Å². The maximum atomic E-state index is 12.4. The Morgan fingerprint density at radius 3 is 2.50 bits per heavy atom. The van der Waals surface area contributed by atoms with E-state index in [1.165, 1.54) is 25.7 Å². The van der Waals surface area contributed by atoms with Crippen LogP contribution >= 0.6 is 0 Å². The van der Waals surface area contributed by atoms with Crippen molar-refractivity contribution in [3.05, 3.63) is 34.7 Å². The SMILES string of the molecule is CCCO[C@H]1CC[C@@H](N2CCC(n3c(=O)[nH]c4ccccc43)CC2)CC1. The van der Waals surface area contributed by atoms with Crippen molar-refractivity contribution in [2.45, 2.75) is 70.1 Å². The van der Waals surface area contributed by atoms with E-state index < -0.39 is 0 Å². The Kier molecular flexibility index (Phi) is 5.46. The van der Waals surface area contributed by atoms with Crippen molar-refractivity contribution >= 4 is 11.0 Å². The molecule has 0 amide bonds. The molecule has 2 heterocycles. The molecule has 142 valence electrons. The number of fused-ring (bicyclic) bond motifs is 1. The van der Waals surface area contributed by atoms with Gasteiger partial charge in [0.2, 0.25) is 0 Å². The molecule has 1 aromatic heterocycles. The van der Waals surface area contributed by atoms with Gasteiger partial charge in [0.1, 0.15) is 0 Å². The predicted octanol–water partition coefficient (Wildman–Crippen LogP) is 3.70. The van der Waals surface area contributed by atoms with Gasteiger partial charge in [-0.05, 0) is 57.1 Å². The number of likely N-dealkylation sites (tertiary alicyclic amines) is 1. The van der Waals surface area contributed by atoms with E-state index in [4.69, 9.17) is 4.74 Å². The van der Waals surface area contributed by atoms with Gasteiger partial charge in [-0.2, -0.15) is 0 Å². The van der Waals surface area contributed by atoms with Crippen LogP contribution in [0.1, 0.15) is 57.9 Å². The van der Waals surface area contributed by atoms with E-state index in [-0.39, 0.29) is 5.69 Å². The molecule has 2 aliphatic rings. The zero-order valence-electron chi connectivity index (χ0n) is 15.8. The summed E-state index contributed by atoms with van der Waals surface area (Å²) in [5.74, 6) is 0. The molecule has 4 rings (SSSR count). The summed E-state index contributed by atoms with van der Waals surface area (Å²) in [7, 11) is 0. The third-order valence-corrected chi connectivity index (χ3v) is 6.21. The van der Waals surface area contributed by atoms with Crippen molar-refractivity contribution in [3.8, 4) is 0 Å². The zero-order valence-corrected chi connectivity index (χ0v) is 15.8. The number of nitrogens with one attached hydrogen (secondary N) is 1. The summed E-state index contributed by atoms with van der Waals surface area (Å²) in [4.78, 5) is 18.1. The highest BCUT2D eigenvalue weighted by molar-refractivity contribution is 5.75. The van der Waals surface area contributed by atoms with Crippen molar-refractivity contribution in [2.24, 2.45) is 0 Å². The second kappa shape index (κ2) is 7.97. The summed E-state index contributed by atoms with van der Waals surface area (Å²) in [6.45, 7) is 5.28. The molecule has 1 N–H and O–H groups in total. The number of hydrogen-bond donors (Lipinski definition) is 1. The first kappa shape index (κ1) is 17.8. The first-order valence-electron chi connectivity index (χ1n) is 10.3. The molecule has 0 bridgehead atoms. The first-order chi connectivity index (χ1) is 12.8. The van der Waals surface area contributed by atoms with Crippen LogP contribution in [0.25, 0.3) is 11.0 Å². The van der Waals surface area contributed by atoms with Gasteiger partial charge >= 0.3 is 5.69 Å². The molecule has 1 saturated heterocycles. The van der Waals surface area contributed by atoms with Gasteiger partial charge in [0.25, 0.3) is 0 Å². The fourth-order valence-electron chi connectivity index (χ4n) is 4.81. The largest absolute Gasteiger partial charge is 0.378 e. The van der Waals surface area contributed by atoms with E-state index in [2.05, 4.69) is 22.9 Å². The first-order valence-corrected chi connectivity index (χ1v) is 10.3. The highest BCUT2D eigenvalue weighted by Gasteiger charge is 2.30. The van der Waals surface area contributed by atoms with Gasteiger partial charge in [-0.25, -0.2) is 4.79 Å². The third kappa shape index (κ3) is 3.60. The Balaban J connectivity index is 1.35. The molecule has 0 spiro atoms. The van der Waals surface area contributed by atoms with Crippen LogP contribution in [0, 0.1) is 0 Å². The van der Waals surface area contributed by atoms with Crippen molar-refractivity contribution in [1.82, 2.24) is 14.5 Å². The van der Waals surface area contributed by atoms with Gasteiger partial charge in [0.15, 0.2) is 0 Å². The lowest BCUT2D eigenvalue weighted by atomic mass is 9.90. The second-order valence-corrected chi connectivity index (χ2v) is 7.89. The number of hydrogen-bond acceptors (Lipinski definition) is 3. The number of para-hydroxylation sites is 2. The monoisotopic (exact) mass is 357 g/mol. The molecule has 0 unspecified atom stereocenters. The number of rotatable bonds is 5. The molecule has 0 radical (unpaired) electrons. The quantitative estimate of drug-likeness (QED) is 0.887. The summed E-state index contributed by atoms with van der Waals surface area (Å²) in [5, 5.41) is 0. The van der Waals surface area contributed by atoms with E-state index in [0.29, 0.717) is 18.2 Å². The molecular weight excluding hydrogens is 326 g/mol. The molecule has 1 aromatic carbocycles. The second-order valence-electron chi connectivity index (χ2n) is 7.89. The van der Waals surface area contributed by atoms with Crippen LogP contribution in [0.3, 0.4) is 0 Å². The highest BCUT2D eigenvalue weighted by Crippen LogP contribution is 2.31. The Hall–Kier alpha value is -1.59. The average Bonchev–Trinajstić information content (AvgIpc) is 3.02. The number of imidazole rings is 1. The number of aromatic amines is 1. The molecule has 26 heavy (non-hydrogen) atoms. The van der Waals surface area contributed by atoms with Gasteiger partial charge in [0.05, 0.1) is 17.1 Å². The minimum atomic E-state index is 0.0400. The van der Waals surface area contributed by atoms with Gasteiger partial charge in [-0.15, -0.1) is 0 Å². The fraction of sp³-hybridized carbons (Fsp3) is 0.667. The number of H-pyrrole nitrogens is 1. The van der Waals surface area contributed by atoms with Crippen molar-refractivity contribution in [2.75, 3.05) is 19.7 Å². The van der Waals surface area contributed by atoms with Gasteiger partial charge < -0.3 is 14.6 Å². The molecule has 2 aromatic rings. The molecule has 1 aliphatic heterocycles. The number of benzene rings is 1. The minimum Gasteiger partial charge on any atom is -0.378 e. The van der Waals surface area contributed by atoms with Crippen LogP contribution in [0.15, 0.2) is 29.1 Å². The standard InChI is InChI=1S/C21H31N3O2/c1-2-15-26-18-9-7-16(8-10-18)23-13-11-17(12-14-23)24-20-6-4-3-5-19(20)22-21(24)25/h3-6,16-18H,2,7-15H2,1H3,(H,22,25)/t16-,18+. The summed E-state index contributed by atoms with van der Waals surface area (Å²) >= 11 is 0. The van der Waals surface area contributed by atoms with Crippen molar-refractivity contribution in [3.63, 3.8) is 0 Å². The van der Waals surface area contributed by atoms with Gasteiger partial charge in [-0.1, -0.05) is 19.1 Å². The number of aromatic nitrogens is 2. The molecule has 0 atom stereocenters.